The zero-order valence-electron chi connectivity index (χ0n) is 6.51. The molecule has 0 aliphatic carbocycles. The smallest absolute Gasteiger partial charge is 0.145 e. The van der Waals surface area contributed by atoms with Gasteiger partial charge < -0.3 is 20.4 Å². The van der Waals surface area contributed by atoms with Crippen LogP contribution in [-0.4, -0.2) is 50.5 Å². The van der Waals surface area contributed by atoms with E-state index in [0.29, 0.717) is 12.8 Å². The second-order valence-electron chi connectivity index (χ2n) is 3.64. The van der Waals surface area contributed by atoms with Gasteiger partial charge in [0.15, 0.2) is 0 Å². The molecule has 2 heterocycles. The van der Waals surface area contributed by atoms with Gasteiger partial charge in [0, 0.05) is 6.04 Å². The summed E-state index contributed by atoms with van der Waals surface area (Å²) in [4.78, 5) is 0. The van der Waals surface area contributed by atoms with E-state index < -0.39 is 24.0 Å². The molecule has 5 nitrogen and oxygen atoms in total. The Kier molecular flexibility index (Phi) is 1.68. The van der Waals surface area contributed by atoms with Crippen molar-refractivity contribution in [1.82, 2.24) is 5.32 Å². The number of rotatable bonds is 0. The largest absolute Gasteiger partial charge is 0.389 e. The summed E-state index contributed by atoms with van der Waals surface area (Å²) in [7, 11) is 0. The van der Waals surface area contributed by atoms with Crippen LogP contribution in [0.1, 0.15) is 12.8 Å². The second kappa shape index (κ2) is 2.40. The standard InChI is InChI=1S/C7H13NO4/c9-4-3-1-2-7(12,8-3)6(11)5(4)10/h3-6,8-12H,1-2H2/t3-,4-,5-,6+,7?/m1/s1. The Morgan fingerprint density at radius 2 is 1.83 bits per heavy atom. The first kappa shape index (κ1) is 8.40. The fourth-order valence-electron chi connectivity index (χ4n) is 2.04. The minimum Gasteiger partial charge on any atom is -0.389 e. The maximum absolute atomic E-state index is 9.65. The lowest BCUT2D eigenvalue weighted by Crippen LogP contribution is -2.67. The molecule has 1 unspecified atom stereocenters. The minimum atomic E-state index is -1.40. The maximum Gasteiger partial charge on any atom is 0.145 e. The third kappa shape index (κ3) is 0.915. The SMILES string of the molecule is O[C@@H]1[C@H](O)[C@H]2CCC(O)(N2)[C@H]1O. The van der Waals surface area contributed by atoms with Crippen molar-refractivity contribution in [2.24, 2.45) is 0 Å². The van der Waals surface area contributed by atoms with Crippen molar-refractivity contribution in [1.29, 1.82) is 0 Å². The lowest BCUT2D eigenvalue weighted by Gasteiger charge is -2.40. The quantitative estimate of drug-likeness (QED) is 0.281. The zero-order chi connectivity index (χ0) is 8.93. The zero-order valence-corrected chi connectivity index (χ0v) is 6.51. The lowest BCUT2D eigenvalue weighted by atomic mass is 9.94. The summed E-state index contributed by atoms with van der Waals surface area (Å²) in [6.45, 7) is 0. The van der Waals surface area contributed by atoms with Gasteiger partial charge in [-0.15, -0.1) is 0 Å². The van der Waals surface area contributed by atoms with Crippen molar-refractivity contribution in [2.45, 2.75) is 42.9 Å². The first-order chi connectivity index (χ1) is 5.54. The lowest BCUT2D eigenvalue weighted by molar-refractivity contribution is -0.186. The Morgan fingerprint density at radius 1 is 1.17 bits per heavy atom. The Morgan fingerprint density at radius 3 is 2.50 bits per heavy atom. The molecule has 2 bridgehead atoms. The molecule has 0 aromatic rings. The first-order valence-electron chi connectivity index (χ1n) is 4.09. The van der Waals surface area contributed by atoms with Crippen LogP contribution in [-0.2, 0) is 0 Å². The van der Waals surface area contributed by atoms with Gasteiger partial charge in [-0.1, -0.05) is 0 Å². The highest BCUT2D eigenvalue weighted by Gasteiger charge is 2.55. The predicted molar refractivity (Wildman–Crippen MR) is 39.1 cm³/mol. The summed E-state index contributed by atoms with van der Waals surface area (Å²) < 4.78 is 0. The Hall–Kier alpha value is -0.200. The van der Waals surface area contributed by atoms with Gasteiger partial charge in [0.25, 0.3) is 0 Å². The predicted octanol–water partition coefficient (Wildman–Crippen LogP) is -2.48. The van der Waals surface area contributed by atoms with Crippen LogP contribution < -0.4 is 5.32 Å². The van der Waals surface area contributed by atoms with Gasteiger partial charge >= 0.3 is 0 Å². The minimum absolute atomic E-state index is 0.298. The van der Waals surface area contributed by atoms with Crippen LogP contribution in [0.5, 0.6) is 0 Å². The van der Waals surface area contributed by atoms with Crippen LogP contribution in [0.15, 0.2) is 0 Å². The number of nitrogens with one attached hydrogen (secondary N) is 1. The van der Waals surface area contributed by atoms with Gasteiger partial charge in [-0.25, -0.2) is 0 Å². The summed E-state index contributed by atoms with van der Waals surface area (Å²) >= 11 is 0. The first-order valence-corrected chi connectivity index (χ1v) is 4.09. The molecule has 0 saturated carbocycles. The van der Waals surface area contributed by atoms with E-state index in [9.17, 15) is 20.4 Å². The molecule has 5 heteroatoms. The molecule has 2 aliphatic heterocycles. The molecule has 0 aromatic carbocycles. The molecule has 0 radical (unpaired) electrons. The van der Waals surface area contributed by atoms with Gasteiger partial charge in [0.05, 0.1) is 6.10 Å². The third-order valence-electron chi connectivity index (χ3n) is 2.85. The van der Waals surface area contributed by atoms with E-state index in [1.807, 2.05) is 0 Å². The van der Waals surface area contributed by atoms with Crippen molar-refractivity contribution < 1.29 is 20.4 Å². The number of aliphatic hydroxyl groups excluding tert-OH is 3. The molecule has 2 saturated heterocycles. The van der Waals surface area contributed by atoms with Crippen LogP contribution in [0.3, 0.4) is 0 Å². The Labute approximate surface area is 69.6 Å². The summed E-state index contributed by atoms with van der Waals surface area (Å²) in [5.74, 6) is 0. The highest BCUT2D eigenvalue weighted by molar-refractivity contribution is 5.07. The maximum atomic E-state index is 9.65. The summed E-state index contributed by atoms with van der Waals surface area (Å²) in [6.07, 6.45) is -2.59. The van der Waals surface area contributed by atoms with Gasteiger partial charge in [0.1, 0.15) is 17.9 Å². The normalized spacial score (nSPS) is 59.0. The molecule has 0 aromatic heterocycles. The Bertz CT molecular complexity index is 200. The molecule has 0 amide bonds. The van der Waals surface area contributed by atoms with E-state index in [2.05, 4.69) is 5.32 Å². The summed E-state index contributed by atoms with van der Waals surface area (Å²) in [6, 6.07) is -0.298. The van der Waals surface area contributed by atoms with Crippen LogP contribution in [0, 0.1) is 0 Å². The number of hydrogen-bond acceptors (Lipinski definition) is 5. The molecule has 2 aliphatic rings. The van der Waals surface area contributed by atoms with Crippen molar-refractivity contribution in [3.63, 3.8) is 0 Å². The van der Waals surface area contributed by atoms with E-state index in [4.69, 9.17) is 0 Å². The summed E-state index contributed by atoms with van der Waals surface area (Å²) in [5, 5.41) is 40.4. The highest BCUT2D eigenvalue weighted by atomic mass is 16.4. The molecular formula is C7H13NO4. The number of hydrogen-bond donors (Lipinski definition) is 5. The van der Waals surface area contributed by atoms with E-state index in [1.165, 1.54) is 0 Å². The third-order valence-corrected chi connectivity index (χ3v) is 2.85. The van der Waals surface area contributed by atoms with Gasteiger partial charge in [0.2, 0.25) is 0 Å². The Balaban J connectivity index is 2.25. The van der Waals surface area contributed by atoms with Crippen LogP contribution in [0.25, 0.3) is 0 Å². The van der Waals surface area contributed by atoms with Crippen LogP contribution in [0.2, 0.25) is 0 Å². The van der Waals surface area contributed by atoms with Crippen LogP contribution in [0.4, 0.5) is 0 Å². The van der Waals surface area contributed by atoms with Gasteiger partial charge in [-0.2, -0.15) is 0 Å². The fraction of sp³-hybridized carbons (Fsp3) is 1.00. The number of piperidine rings is 1. The second-order valence-corrected chi connectivity index (χ2v) is 3.64. The topological polar surface area (TPSA) is 93.0 Å². The highest BCUT2D eigenvalue weighted by Crippen LogP contribution is 2.34. The molecule has 5 N–H and O–H groups in total. The van der Waals surface area contributed by atoms with Gasteiger partial charge in [-0.3, -0.25) is 5.32 Å². The number of aliphatic hydroxyl groups is 4. The van der Waals surface area contributed by atoms with Crippen molar-refractivity contribution in [2.75, 3.05) is 0 Å². The molecule has 0 spiro atoms. The van der Waals surface area contributed by atoms with Crippen molar-refractivity contribution >= 4 is 0 Å². The van der Waals surface area contributed by atoms with Crippen molar-refractivity contribution in [3.05, 3.63) is 0 Å². The number of fused-ring (bicyclic) bond motifs is 2. The van der Waals surface area contributed by atoms with E-state index in [1.54, 1.807) is 0 Å². The van der Waals surface area contributed by atoms with E-state index >= 15 is 0 Å². The average Bonchev–Trinajstić information content (AvgIpc) is 2.41. The van der Waals surface area contributed by atoms with Crippen LogP contribution >= 0.6 is 0 Å². The van der Waals surface area contributed by atoms with Crippen molar-refractivity contribution in [3.8, 4) is 0 Å². The summed E-state index contributed by atoms with van der Waals surface area (Å²) in [5.41, 5.74) is -1.40. The molecule has 2 rings (SSSR count). The molecular weight excluding hydrogens is 162 g/mol. The molecule has 12 heavy (non-hydrogen) atoms. The van der Waals surface area contributed by atoms with Gasteiger partial charge in [-0.05, 0) is 12.8 Å². The van der Waals surface area contributed by atoms with E-state index in [-0.39, 0.29) is 6.04 Å². The molecule has 5 atom stereocenters. The van der Waals surface area contributed by atoms with E-state index in [0.717, 1.165) is 0 Å². The monoisotopic (exact) mass is 175 g/mol. The molecule has 2 fully saturated rings. The fourth-order valence-corrected chi connectivity index (χ4v) is 2.04. The molecule has 70 valence electrons. The average molecular weight is 175 g/mol.